The summed E-state index contributed by atoms with van der Waals surface area (Å²) in [5.74, 6) is 0. The number of nitrogens with zero attached hydrogens (tertiary/aromatic N) is 2. The van der Waals surface area contributed by atoms with E-state index in [9.17, 15) is 10.1 Å². The SMILES string of the molecule is O=[N+]([O-])c1cccc2nc(/C=C/c3cccc(Cl)c3)ccc12. The molecule has 0 saturated heterocycles. The molecule has 3 aromatic rings. The topological polar surface area (TPSA) is 56.0 Å². The molecule has 3 rings (SSSR count). The summed E-state index contributed by atoms with van der Waals surface area (Å²) in [6.45, 7) is 0. The third kappa shape index (κ3) is 2.97. The van der Waals surface area contributed by atoms with Crippen LogP contribution in [-0.4, -0.2) is 9.91 Å². The minimum absolute atomic E-state index is 0.0652. The molecule has 5 heteroatoms. The molecule has 0 fully saturated rings. The van der Waals surface area contributed by atoms with Crippen molar-refractivity contribution in [2.45, 2.75) is 0 Å². The van der Waals surface area contributed by atoms with E-state index in [-0.39, 0.29) is 5.69 Å². The Labute approximate surface area is 131 Å². The summed E-state index contributed by atoms with van der Waals surface area (Å²) in [5.41, 5.74) is 2.36. The van der Waals surface area contributed by atoms with E-state index < -0.39 is 4.92 Å². The fourth-order valence-corrected chi connectivity index (χ4v) is 2.40. The zero-order valence-corrected chi connectivity index (χ0v) is 12.2. The van der Waals surface area contributed by atoms with E-state index in [0.29, 0.717) is 15.9 Å². The largest absolute Gasteiger partial charge is 0.278 e. The number of nitro groups is 1. The fraction of sp³-hybridized carbons (Fsp3) is 0. The number of halogens is 1. The number of hydrogen-bond donors (Lipinski definition) is 0. The third-order valence-electron chi connectivity index (χ3n) is 3.22. The molecule has 0 N–H and O–H groups in total. The molecule has 4 nitrogen and oxygen atoms in total. The van der Waals surface area contributed by atoms with Crippen LogP contribution in [0, 0.1) is 10.1 Å². The van der Waals surface area contributed by atoms with Crippen LogP contribution in [-0.2, 0) is 0 Å². The number of hydrogen-bond acceptors (Lipinski definition) is 3. The van der Waals surface area contributed by atoms with Crippen LogP contribution in [0.15, 0.2) is 54.6 Å². The quantitative estimate of drug-likeness (QED) is 0.507. The van der Waals surface area contributed by atoms with Gasteiger partial charge in [-0.3, -0.25) is 10.1 Å². The van der Waals surface area contributed by atoms with E-state index in [1.807, 2.05) is 36.4 Å². The lowest BCUT2D eigenvalue weighted by Gasteiger charge is -2.00. The summed E-state index contributed by atoms with van der Waals surface area (Å²) in [5, 5.41) is 12.2. The van der Waals surface area contributed by atoms with Crippen molar-refractivity contribution in [1.29, 1.82) is 0 Å². The highest BCUT2D eigenvalue weighted by Gasteiger charge is 2.11. The zero-order chi connectivity index (χ0) is 15.5. The standard InChI is InChI=1S/C17H11ClN2O2/c18-13-4-1-3-12(11-13)7-8-14-9-10-15-16(19-14)5-2-6-17(15)20(21)22/h1-11H/b8-7+. The average molecular weight is 311 g/mol. The van der Waals surface area contributed by atoms with Gasteiger partial charge in [0.1, 0.15) is 0 Å². The molecule has 0 aliphatic carbocycles. The second kappa shape index (κ2) is 5.95. The Hall–Kier alpha value is -2.72. The van der Waals surface area contributed by atoms with Gasteiger partial charge < -0.3 is 0 Å². The molecule has 0 radical (unpaired) electrons. The lowest BCUT2D eigenvalue weighted by atomic mass is 10.1. The second-order valence-electron chi connectivity index (χ2n) is 4.73. The minimum Gasteiger partial charge on any atom is -0.258 e. The molecule has 0 aliphatic heterocycles. The summed E-state index contributed by atoms with van der Waals surface area (Å²) in [4.78, 5) is 15.0. The lowest BCUT2D eigenvalue weighted by Crippen LogP contribution is -1.91. The van der Waals surface area contributed by atoms with Gasteiger partial charge in [-0.2, -0.15) is 0 Å². The van der Waals surface area contributed by atoms with Gasteiger partial charge in [0.15, 0.2) is 0 Å². The highest BCUT2D eigenvalue weighted by Crippen LogP contribution is 2.24. The van der Waals surface area contributed by atoms with E-state index in [1.54, 1.807) is 24.3 Å². The number of aromatic nitrogens is 1. The van der Waals surface area contributed by atoms with Gasteiger partial charge in [-0.25, -0.2) is 4.98 Å². The molecule has 108 valence electrons. The number of non-ortho nitro benzene ring substituents is 1. The van der Waals surface area contributed by atoms with Crippen molar-refractivity contribution in [2.24, 2.45) is 0 Å². The van der Waals surface area contributed by atoms with E-state index in [2.05, 4.69) is 4.98 Å². The van der Waals surface area contributed by atoms with Crippen LogP contribution in [0.4, 0.5) is 5.69 Å². The predicted octanol–water partition coefficient (Wildman–Crippen LogP) is 4.97. The van der Waals surface area contributed by atoms with E-state index in [1.165, 1.54) is 6.07 Å². The van der Waals surface area contributed by atoms with Crippen LogP contribution in [0.1, 0.15) is 11.3 Å². The minimum atomic E-state index is -0.397. The van der Waals surface area contributed by atoms with Crippen molar-refractivity contribution in [1.82, 2.24) is 4.98 Å². The molecule has 0 bridgehead atoms. The molecule has 0 amide bonds. The monoisotopic (exact) mass is 310 g/mol. The van der Waals surface area contributed by atoms with Crippen molar-refractivity contribution in [2.75, 3.05) is 0 Å². The summed E-state index contributed by atoms with van der Waals surface area (Å²) >= 11 is 5.94. The number of pyridine rings is 1. The van der Waals surface area contributed by atoms with Crippen molar-refractivity contribution < 1.29 is 4.92 Å². The lowest BCUT2D eigenvalue weighted by molar-refractivity contribution is -0.383. The maximum absolute atomic E-state index is 11.0. The molecular formula is C17H11ClN2O2. The van der Waals surface area contributed by atoms with Crippen LogP contribution in [0.3, 0.4) is 0 Å². The number of nitro benzene ring substituents is 1. The predicted molar refractivity (Wildman–Crippen MR) is 88.8 cm³/mol. The van der Waals surface area contributed by atoms with E-state index in [0.717, 1.165) is 11.3 Å². The van der Waals surface area contributed by atoms with Gasteiger partial charge in [0.05, 0.1) is 21.5 Å². The van der Waals surface area contributed by atoms with Gasteiger partial charge in [0.2, 0.25) is 0 Å². The van der Waals surface area contributed by atoms with Crippen molar-refractivity contribution in [3.63, 3.8) is 0 Å². The third-order valence-corrected chi connectivity index (χ3v) is 3.46. The molecule has 0 aliphatic rings. The normalized spacial score (nSPS) is 11.1. The van der Waals surface area contributed by atoms with Crippen LogP contribution < -0.4 is 0 Å². The second-order valence-corrected chi connectivity index (χ2v) is 5.16. The Morgan fingerprint density at radius 2 is 1.86 bits per heavy atom. The Kier molecular flexibility index (Phi) is 3.85. The molecule has 0 atom stereocenters. The van der Waals surface area contributed by atoms with E-state index in [4.69, 9.17) is 11.6 Å². The molecule has 1 aromatic heterocycles. The van der Waals surface area contributed by atoms with Crippen LogP contribution in [0.2, 0.25) is 5.02 Å². The van der Waals surface area contributed by atoms with Crippen LogP contribution in [0.25, 0.3) is 23.1 Å². The first kappa shape index (κ1) is 14.2. The first-order valence-electron chi connectivity index (χ1n) is 6.61. The van der Waals surface area contributed by atoms with Gasteiger partial charge >= 0.3 is 0 Å². The number of benzene rings is 2. The van der Waals surface area contributed by atoms with Gasteiger partial charge in [-0.05, 0) is 42.0 Å². The smallest absolute Gasteiger partial charge is 0.258 e. The molecule has 0 unspecified atom stereocenters. The number of rotatable bonds is 3. The Bertz CT molecular complexity index is 891. The molecular weight excluding hydrogens is 300 g/mol. The summed E-state index contributed by atoms with van der Waals surface area (Å²) in [6.07, 6.45) is 3.75. The highest BCUT2D eigenvalue weighted by molar-refractivity contribution is 6.30. The number of fused-ring (bicyclic) bond motifs is 1. The summed E-state index contributed by atoms with van der Waals surface area (Å²) in [6, 6.07) is 15.8. The fourth-order valence-electron chi connectivity index (χ4n) is 2.20. The van der Waals surface area contributed by atoms with Crippen LogP contribution >= 0.6 is 11.6 Å². The maximum atomic E-state index is 11.0. The summed E-state index contributed by atoms with van der Waals surface area (Å²) in [7, 11) is 0. The van der Waals surface area contributed by atoms with E-state index >= 15 is 0 Å². The Morgan fingerprint density at radius 1 is 1.05 bits per heavy atom. The van der Waals surface area contributed by atoms with Gasteiger partial charge in [0, 0.05) is 11.1 Å². The summed E-state index contributed by atoms with van der Waals surface area (Å²) < 4.78 is 0. The maximum Gasteiger partial charge on any atom is 0.278 e. The first-order chi connectivity index (χ1) is 10.6. The Morgan fingerprint density at radius 3 is 2.64 bits per heavy atom. The van der Waals surface area contributed by atoms with Crippen molar-refractivity contribution >= 4 is 40.3 Å². The van der Waals surface area contributed by atoms with Gasteiger partial charge in [-0.1, -0.05) is 35.9 Å². The van der Waals surface area contributed by atoms with Gasteiger partial charge in [-0.15, -0.1) is 0 Å². The zero-order valence-electron chi connectivity index (χ0n) is 11.4. The average Bonchev–Trinajstić information content (AvgIpc) is 2.52. The van der Waals surface area contributed by atoms with Crippen molar-refractivity contribution in [3.05, 3.63) is 81.0 Å². The first-order valence-corrected chi connectivity index (χ1v) is 6.99. The molecule has 1 heterocycles. The highest BCUT2D eigenvalue weighted by atomic mass is 35.5. The van der Waals surface area contributed by atoms with Crippen molar-refractivity contribution in [3.8, 4) is 0 Å². The van der Waals surface area contributed by atoms with Crippen LogP contribution in [0.5, 0.6) is 0 Å². The molecule has 2 aromatic carbocycles. The van der Waals surface area contributed by atoms with Gasteiger partial charge in [0.25, 0.3) is 5.69 Å². The molecule has 22 heavy (non-hydrogen) atoms. The molecule has 0 saturated carbocycles. The molecule has 0 spiro atoms. The Balaban J connectivity index is 1.97.